The van der Waals surface area contributed by atoms with E-state index in [1.54, 1.807) is 0 Å². The summed E-state index contributed by atoms with van der Waals surface area (Å²) in [5.41, 5.74) is 9.19. The number of benzene rings is 2. The zero-order valence-corrected chi connectivity index (χ0v) is 19.6. The van der Waals surface area contributed by atoms with Gasteiger partial charge in [-0.25, -0.2) is 4.79 Å². The van der Waals surface area contributed by atoms with Crippen molar-refractivity contribution in [3.05, 3.63) is 54.1 Å². The third-order valence-electron chi connectivity index (χ3n) is 6.69. The maximum absolute atomic E-state index is 12.3. The Morgan fingerprint density at radius 1 is 1.03 bits per heavy atom. The second-order valence-electron chi connectivity index (χ2n) is 9.18. The molecule has 2 saturated heterocycles. The van der Waals surface area contributed by atoms with Gasteiger partial charge in [0.05, 0.1) is 13.0 Å². The zero-order chi connectivity index (χ0) is 24.1. The van der Waals surface area contributed by atoms with Crippen LogP contribution in [0.5, 0.6) is 0 Å². The van der Waals surface area contributed by atoms with E-state index in [9.17, 15) is 14.4 Å². The van der Waals surface area contributed by atoms with E-state index < -0.39 is 23.9 Å². The zero-order valence-electron chi connectivity index (χ0n) is 19.6. The summed E-state index contributed by atoms with van der Waals surface area (Å²) in [7, 11) is 0. The van der Waals surface area contributed by atoms with Crippen molar-refractivity contribution < 1.29 is 14.4 Å². The van der Waals surface area contributed by atoms with Crippen LogP contribution in [0.3, 0.4) is 0 Å². The number of carbonyl (C=O) groups is 3. The highest BCUT2D eigenvalue weighted by Gasteiger charge is 2.34. The lowest BCUT2D eigenvalue weighted by Crippen LogP contribution is -2.58. The summed E-state index contributed by atoms with van der Waals surface area (Å²) in [6.45, 7) is 4.65. The number of nitrogens with two attached hydrogens (primary N) is 1. The molecule has 0 radical (unpaired) electrons. The van der Waals surface area contributed by atoms with Gasteiger partial charge in [-0.05, 0) is 60.7 Å². The molecule has 4 amide bonds. The maximum Gasteiger partial charge on any atom is 0.325 e. The van der Waals surface area contributed by atoms with Crippen molar-refractivity contribution in [3.63, 3.8) is 0 Å². The van der Waals surface area contributed by atoms with Crippen molar-refractivity contribution in [3.8, 4) is 0 Å². The van der Waals surface area contributed by atoms with Crippen LogP contribution in [0.25, 0.3) is 0 Å². The molecule has 8 heteroatoms. The van der Waals surface area contributed by atoms with E-state index in [0.29, 0.717) is 0 Å². The Labute approximate surface area is 200 Å². The van der Waals surface area contributed by atoms with Gasteiger partial charge < -0.3 is 21.3 Å². The number of hydrogen-bond acceptors (Lipinski definition) is 5. The van der Waals surface area contributed by atoms with Crippen LogP contribution in [-0.4, -0.2) is 41.9 Å². The number of amides is 4. The van der Waals surface area contributed by atoms with Gasteiger partial charge in [-0.2, -0.15) is 0 Å². The van der Waals surface area contributed by atoms with Crippen molar-refractivity contribution in [2.45, 2.75) is 51.6 Å². The van der Waals surface area contributed by atoms with Crippen LogP contribution in [0.4, 0.5) is 21.9 Å². The molecule has 0 unspecified atom stereocenters. The Hall–Kier alpha value is -3.55. The topological polar surface area (TPSA) is 108 Å². The highest BCUT2D eigenvalue weighted by Crippen LogP contribution is 2.27. The summed E-state index contributed by atoms with van der Waals surface area (Å²) in [6.07, 6.45) is 5.04. The third-order valence-corrected chi connectivity index (χ3v) is 6.69. The number of anilines is 3. The molecule has 2 heterocycles. The summed E-state index contributed by atoms with van der Waals surface area (Å²) in [5, 5.41) is 5.87. The smallest absolute Gasteiger partial charge is 0.325 e. The molecule has 0 bridgehead atoms. The predicted octanol–water partition coefficient (Wildman–Crippen LogP) is 3.74. The molecule has 0 aliphatic carbocycles. The minimum Gasteiger partial charge on any atom is -0.372 e. The van der Waals surface area contributed by atoms with Crippen molar-refractivity contribution in [1.82, 2.24) is 10.2 Å². The van der Waals surface area contributed by atoms with Crippen LogP contribution in [0, 0.1) is 5.92 Å². The molecule has 8 nitrogen and oxygen atoms in total. The van der Waals surface area contributed by atoms with E-state index in [-0.39, 0.29) is 13.0 Å². The Kier molecular flexibility index (Phi) is 7.35. The second-order valence-corrected chi connectivity index (χ2v) is 9.18. The molecule has 4 rings (SSSR count). The van der Waals surface area contributed by atoms with Crippen molar-refractivity contribution in [2.75, 3.05) is 23.3 Å². The Morgan fingerprint density at radius 3 is 2.21 bits per heavy atom. The van der Waals surface area contributed by atoms with Crippen LogP contribution in [0.15, 0.2) is 48.5 Å². The monoisotopic (exact) mass is 463 g/mol. The predicted molar refractivity (Wildman–Crippen MR) is 133 cm³/mol. The number of rotatable bonds is 8. The average molecular weight is 464 g/mol. The molecule has 2 aliphatic heterocycles. The minimum absolute atomic E-state index is 0.118. The van der Waals surface area contributed by atoms with Gasteiger partial charge in [-0.15, -0.1) is 0 Å². The van der Waals surface area contributed by atoms with Gasteiger partial charge in [-0.3, -0.25) is 14.5 Å². The SMILES string of the molecule is CCCC1CCN(c2ccc(Nc3ccc(CN4C(=O)C[C@@H](C(N)=O)NC4=O)cc3)cc2)CC1. The van der Waals surface area contributed by atoms with Gasteiger partial charge in [0.1, 0.15) is 6.04 Å². The standard InChI is InChI=1S/C26H33N5O3/c1-2-3-18-12-14-30(15-13-18)22-10-8-21(9-11-22)28-20-6-4-19(5-7-20)17-31-24(32)16-23(25(27)33)29-26(31)34/h4-11,18,23,28H,2-3,12-17H2,1H3,(H2,27,33)(H,29,34)/t23-/m0/s1. The summed E-state index contributed by atoms with van der Waals surface area (Å²) < 4.78 is 0. The number of carbonyl (C=O) groups excluding carboxylic acids is 3. The lowest BCUT2D eigenvalue weighted by atomic mass is 9.92. The number of imide groups is 1. The number of nitrogens with zero attached hydrogens (tertiary/aromatic N) is 2. The highest BCUT2D eigenvalue weighted by molar-refractivity contribution is 6.02. The fourth-order valence-electron chi connectivity index (χ4n) is 4.69. The first kappa shape index (κ1) is 23.6. The summed E-state index contributed by atoms with van der Waals surface area (Å²) in [6, 6.07) is 14.5. The molecule has 0 spiro atoms. The second kappa shape index (κ2) is 10.6. The lowest BCUT2D eigenvalue weighted by molar-refractivity contribution is -0.134. The van der Waals surface area contributed by atoms with Gasteiger partial charge in [0.2, 0.25) is 11.8 Å². The molecule has 2 aliphatic rings. The van der Waals surface area contributed by atoms with E-state index in [2.05, 4.69) is 46.7 Å². The van der Waals surface area contributed by atoms with E-state index >= 15 is 0 Å². The number of primary amides is 1. The third kappa shape index (κ3) is 5.68. The minimum atomic E-state index is -0.942. The fourth-order valence-corrected chi connectivity index (χ4v) is 4.69. The fraction of sp³-hybridized carbons (Fsp3) is 0.423. The van der Waals surface area contributed by atoms with E-state index in [1.807, 2.05) is 24.3 Å². The number of piperidine rings is 1. The summed E-state index contributed by atoms with van der Waals surface area (Å²) >= 11 is 0. The van der Waals surface area contributed by atoms with Crippen molar-refractivity contribution >= 4 is 34.9 Å². The first-order valence-corrected chi connectivity index (χ1v) is 12.0. The highest BCUT2D eigenvalue weighted by atomic mass is 16.2. The average Bonchev–Trinajstić information content (AvgIpc) is 2.83. The molecule has 0 saturated carbocycles. The van der Waals surface area contributed by atoms with E-state index in [0.717, 1.165) is 40.8 Å². The first-order chi connectivity index (χ1) is 16.4. The van der Waals surface area contributed by atoms with Crippen LogP contribution < -0.4 is 21.3 Å². The van der Waals surface area contributed by atoms with Gasteiger partial charge in [0.25, 0.3) is 0 Å². The number of nitrogens with one attached hydrogen (secondary N) is 2. The molecule has 1 atom stereocenters. The number of hydrogen-bond donors (Lipinski definition) is 3. The molecule has 0 aromatic heterocycles. The van der Waals surface area contributed by atoms with E-state index in [4.69, 9.17) is 5.73 Å². The van der Waals surface area contributed by atoms with Gasteiger partial charge in [0, 0.05) is 30.2 Å². The molecule has 2 aromatic rings. The number of urea groups is 1. The van der Waals surface area contributed by atoms with Crippen LogP contribution in [0.2, 0.25) is 0 Å². The van der Waals surface area contributed by atoms with Crippen LogP contribution >= 0.6 is 0 Å². The first-order valence-electron chi connectivity index (χ1n) is 12.0. The summed E-state index contributed by atoms with van der Waals surface area (Å²) in [5.74, 6) is -0.245. The van der Waals surface area contributed by atoms with Crippen LogP contribution in [0.1, 0.15) is 44.6 Å². The molecular weight excluding hydrogens is 430 g/mol. The maximum atomic E-state index is 12.3. The molecule has 180 valence electrons. The molecule has 2 aromatic carbocycles. The quantitative estimate of drug-likeness (QED) is 0.553. The molecular formula is C26H33N5O3. The van der Waals surface area contributed by atoms with E-state index in [1.165, 1.54) is 31.4 Å². The summed E-state index contributed by atoms with van der Waals surface area (Å²) in [4.78, 5) is 39.3. The van der Waals surface area contributed by atoms with Crippen molar-refractivity contribution in [1.29, 1.82) is 0 Å². The van der Waals surface area contributed by atoms with Gasteiger partial charge >= 0.3 is 6.03 Å². The molecule has 4 N–H and O–H groups in total. The normalized spacial score (nSPS) is 19.1. The van der Waals surface area contributed by atoms with Crippen LogP contribution in [-0.2, 0) is 16.1 Å². The van der Waals surface area contributed by atoms with Gasteiger partial charge in [-0.1, -0.05) is 31.9 Å². The lowest BCUT2D eigenvalue weighted by Gasteiger charge is -2.33. The Morgan fingerprint density at radius 2 is 1.65 bits per heavy atom. The Bertz CT molecular complexity index is 996. The molecule has 2 fully saturated rings. The Balaban J connectivity index is 1.30. The van der Waals surface area contributed by atoms with Crippen molar-refractivity contribution in [2.24, 2.45) is 11.7 Å². The molecule has 34 heavy (non-hydrogen) atoms. The largest absolute Gasteiger partial charge is 0.372 e. The van der Waals surface area contributed by atoms with Gasteiger partial charge in [0.15, 0.2) is 0 Å².